The van der Waals surface area contributed by atoms with Gasteiger partial charge in [-0.15, -0.1) is 0 Å². The average Bonchev–Trinajstić information content (AvgIpc) is 2.56. The molecular formula is C19H26N3O3S+. The average molecular weight is 377 g/mol. The summed E-state index contributed by atoms with van der Waals surface area (Å²) in [6.45, 7) is 3.09. The van der Waals surface area contributed by atoms with Crippen LogP contribution in [0.4, 0.5) is 5.69 Å². The standard InChI is InChI=1S/C19H25N3O3S/c1-15-8-5-6-9-16(15)13-22(4)14-19(23)20-17-10-7-11-18(12-17)26(24,25)21(2)3/h5-12H,13-14H2,1-4H3,(H,20,23)/p+1. The van der Waals surface area contributed by atoms with Crippen molar-refractivity contribution in [3.8, 4) is 0 Å². The summed E-state index contributed by atoms with van der Waals surface area (Å²) in [5.41, 5.74) is 2.88. The Morgan fingerprint density at radius 2 is 1.81 bits per heavy atom. The molecule has 2 rings (SSSR count). The van der Waals surface area contributed by atoms with Gasteiger partial charge in [0, 0.05) is 25.3 Å². The van der Waals surface area contributed by atoms with Gasteiger partial charge in [0.1, 0.15) is 6.54 Å². The van der Waals surface area contributed by atoms with E-state index in [0.717, 1.165) is 15.7 Å². The highest BCUT2D eigenvalue weighted by atomic mass is 32.2. The van der Waals surface area contributed by atoms with Crippen LogP contribution in [-0.2, 0) is 21.4 Å². The molecule has 0 spiro atoms. The van der Waals surface area contributed by atoms with Gasteiger partial charge in [0.05, 0.1) is 11.9 Å². The van der Waals surface area contributed by atoms with Crippen LogP contribution in [0.1, 0.15) is 11.1 Å². The van der Waals surface area contributed by atoms with Gasteiger partial charge in [-0.1, -0.05) is 30.3 Å². The van der Waals surface area contributed by atoms with Gasteiger partial charge in [0.2, 0.25) is 10.0 Å². The minimum atomic E-state index is -3.53. The third kappa shape index (κ3) is 5.14. The molecule has 2 aromatic carbocycles. The van der Waals surface area contributed by atoms with Crippen molar-refractivity contribution in [2.24, 2.45) is 0 Å². The predicted octanol–water partition coefficient (Wildman–Crippen LogP) is 0.899. The van der Waals surface area contributed by atoms with E-state index >= 15 is 0 Å². The molecule has 0 aliphatic rings. The SMILES string of the molecule is Cc1ccccc1C[NH+](C)CC(=O)Nc1cccc(S(=O)(=O)N(C)C)c1. The molecule has 7 heteroatoms. The predicted molar refractivity (Wildman–Crippen MR) is 103 cm³/mol. The summed E-state index contributed by atoms with van der Waals surface area (Å²) in [6, 6.07) is 14.4. The van der Waals surface area contributed by atoms with Crippen LogP contribution >= 0.6 is 0 Å². The molecule has 0 saturated carbocycles. The van der Waals surface area contributed by atoms with E-state index in [4.69, 9.17) is 0 Å². The molecule has 0 saturated heterocycles. The molecule has 1 amide bonds. The second-order valence-corrected chi connectivity index (χ2v) is 8.75. The summed E-state index contributed by atoms with van der Waals surface area (Å²) < 4.78 is 25.5. The van der Waals surface area contributed by atoms with Crippen LogP contribution in [0.3, 0.4) is 0 Å². The van der Waals surface area contributed by atoms with Crippen molar-refractivity contribution in [1.29, 1.82) is 0 Å². The van der Waals surface area contributed by atoms with Crippen molar-refractivity contribution < 1.29 is 18.1 Å². The molecule has 0 heterocycles. The maximum absolute atomic E-state index is 12.3. The lowest BCUT2D eigenvalue weighted by molar-refractivity contribution is -0.885. The first kappa shape index (κ1) is 20.1. The van der Waals surface area contributed by atoms with Crippen molar-refractivity contribution in [2.75, 3.05) is 33.0 Å². The van der Waals surface area contributed by atoms with Gasteiger partial charge in [0.25, 0.3) is 5.91 Å². The maximum Gasteiger partial charge on any atom is 0.279 e. The summed E-state index contributed by atoms with van der Waals surface area (Å²) in [5, 5.41) is 2.78. The van der Waals surface area contributed by atoms with Crippen molar-refractivity contribution in [2.45, 2.75) is 18.4 Å². The number of anilines is 1. The highest BCUT2D eigenvalue weighted by molar-refractivity contribution is 7.89. The van der Waals surface area contributed by atoms with Crippen LogP contribution in [-0.4, -0.2) is 46.3 Å². The molecule has 0 bridgehead atoms. The summed E-state index contributed by atoms with van der Waals surface area (Å²) in [4.78, 5) is 13.5. The maximum atomic E-state index is 12.3. The van der Waals surface area contributed by atoms with Crippen molar-refractivity contribution in [1.82, 2.24) is 4.31 Å². The Hall–Kier alpha value is -2.22. The molecule has 140 valence electrons. The van der Waals surface area contributed by atoms with Crippen LogP contribution in [0.15, 0.2) is 53.4 Å². The molecule has 26 heavy (non-hydrogen) atoms. The lowest BCUT2D eigenvalue weighted by Crippen LogP contribution is -3.08. The highest BCUT2D eigenvalue weighted by Gasteiger charge is 2.18. The van der Waals surface area contributed by atoms with Gasteiger partial charge in [-0.25, -0.2) is 12.7 Å². The van der Waals surface area contributed by atoms with E-state index in [9.17, 15) is 13.2 Å². The van der Waals surface area contributed by atoms with E-state index in [1.165, 1.54) is 37.4 Å². The molecule has 0 aliphatic carbocycles. The molecule has 2 N–H and O–H groups in total. The molecule has 0 fully saturated rings. The number of carbonyl (C=O) groups excluding carboxylic acids is 1. The zero-order valence-electron chi connectivity index (χ0n) is 15.6. The monoisotopic (exact) mass is 376 g/mol. The summed E-state index contributed by atoms with van der Waals surface area (Å²) >= 11 is 0. The quantitative estimate of drug-likeness (QED) is 0.754. The minimum absolute atomic E-state index is 0.154. The zero-order valence-corrected chi connectivity index (χ0v) is 16.4. The Balaban J connectivity index is 2.01. The molecule has 1 atom stereocenters. The molecular weight excluding hydrogens is 350 g/mol. The van der Waals surface area contributed by atoms with E-state index in [2.05, 4.69) is 24.4 Å². The minimum Gasteiger partial charge on any atom is -0.326 e. The van der Waals surface area contributed by atoms with Crippen molar-refractivity contribution >= 4 is 21.6 Å². The molecule has 0 radical (unpaired) electrons. The van der Waals surface area contributed by atoms with Crippen LogP contribution in [0, 0.1) is 6.92 Å². The fourth-order valence-corrected chi connectivity index (χ4v) is 3.57. The number of carbonyl (C=O) groups is 1. The van der Waals surface area contributed by atoms with Gasteiger partial charge >= 0.3 is 0 Å². The van der Waals surface area contributed by atoms with E-state index in [0.29, 0.717) is 12.2 Å². The van der Waals surface area contributed by atoms with E-state index in [1.807, 2.05) is 19.2 Å². The number of quaternary nitrogens is 1. The number of aryl methyl sites for hydroxylation is 1. The molecule has 6 nitrogen and oxygen atoms in total. The Morgan fingerprint density at radius 3 is 2.46 bits per heavy atom. The number of nitrogens with zero attached hydrogens (tertiary/aromatic N) is 1. The lowest BCUT2D eigenvalue weighted by atomic mass is 10.1. The smallest absolute Gasteiger partial charge is 0.279 e. The molecule has 2 aromatic rings. The van der Waals surface area contributed by atoms with Crippen LogP contribution < -0.4 is 10.2 Å². The van der Waals surface area contributed by atoms with E-state index in [-0.39, 0.29) is 10.8 Å². The highest BCUT2D eigenvalue weighted by Crippen LogP contribution is 2.17. The van der Waals surface area contributed by atoms with Gasteiger partial charge in [-0.05, 0) is 30.7 Å². The van der Waals surface area contributed by atoms with Crippen LogP contribution in [0.5, 0.6) is 0 Å². The summed E-state index contributed by atoms with van der Waals surface area (Å²) in [6.07, 6.45) is 0. The van der Waals surface area contributed by atoms with Crippen molar-refractivity contribution in [3.05, 3.63) is 59.7 Å². The second-order valence-electron chi connectivity index (χ2n) is 6.60. The molecule has 0 aliphatic heterocycles. The third-order valence-electron chi connectivity index (χ3n) is 4.11. The number of amides is 1. The number of benzene rings is 2. The van der Waals surface area contributed by atoms with Crippen LogP contribution in [0.25, 0.3) is 0 Å². The van der Waals surface area contributed by atoms with Gasteiger partial charge in [-0.3, -0.25) is 4.79 Å². The number of sulfonamides is 1. The summed E-state index contributed by atoms with van der Waals surface area (Å²) in [7, 11) is 1.38. The van der Waals surface area contributed by atoms with Gasteiger partial charge in [0.15, 0.2) is 6.54 Å². The number of likely N-dealkylation sites (N-methyl/N-ethyl adjacent to an activating group) is 1. The third-order valence-corrected chi connectivity index (χ3v) is 5.92. The lowest BCUT2D eigenvalue weighted by Gasteiger charge is -2.16. The molecule has 0 aromatic heterocycles. The number of hydrogen-bond donors (Lipinski definition) is 2. The number of nitrogens with one attached hydrogen (secondary N) is 2. The summed E-state index contributed by atoms with van der Waals surface area (Å²) in [5.74, 6) is -0.157. The Kier molecular flexibility index (Phi) is 6.52. The van der Waals surface area contributed by atoms with Gasteiger partial charge < -0.3 is 10.2 Å². The first-order valence-corrected chi connectivity index (χ1v) is 9.82. The van der Waals surface area contributed by atoms with Gasteiger partial charge in [-0.2, -0.15) is 0 Å². The van der Waals surface area contributed by atoms with E-state index < -0.39 is 10.0 Å². The number of rotatable bonds is 7. The number of hydrogen-bond acceptors (Lipinski definition) is 3. The fraction of sp³-hybridized carbons (Fsp3) is 0.316. The zero-order chi connectivity index (χ0) is 19.3. The van der Waals surface area contributed by atoms with E-state index in [1.54, 1.807) is 12.1 Å². The Bertz CT molecular complexity index is 879. The topological polar surface area (TPSA) is 70.9 Å². The van der Waals surface area contributed by atoms with Crippen molar-refractivity contribution in [3.63, 3.8) is 0 Å². The Morgan fingerprint density at radius 1 is 1.12 bits per heavy atom. The molecule has 1 unspecified atom stereocenters. The fourth-order valence-electron chi connectivity index (χ4n) is 2.62. The first-order valence-electron chi connectivity index (χ1n) is 8.38. The normalized spacial score (nSPS) is 12.8. The first-order chi connectivity index (χ1) is 12.2. The van der Waals surface area contributed by atoms with Crippen LogP contribution in [0.2, 0.25) is 0 Å². The largest absolute Gasteiger partial charge is 0.326 e. The Labute approximate surface area is 155 Å². The second kappa shape index (κ2) is 8.44.